The molecule has 1 aromatic heterocycles. The van der Waals surface area contributed by atoms with Crippen molar-refractivity contribution in [2.75, 3.05) is 12.4 Å². The fourth-order valence-corrected chi connectivity index (χ4v) is 3.91. The topological polar surface area (TPSA) is 68.3 Å². The first-order valence-corrected chi connectivity index (χ1v) is 11.1. The highest BCUT2D eigenvalue weighted by Gasteiger charge is 2.23. The molecular weight excluding hydrogens is 388 g/mol. The van der Waals surface area contributed by atoms with Gasteiger partial charge in [0.25, 0.3) is 0 Å². The number of anilines is 1. The molecule has 0 aliphatic heterocycles. The van der Waals surface area contributed by atoms with Gasteiger partial charge in [0.05, 0.1) is 12.7 Å². The fourth-order valence-electron chi connectivity index (χ4n) is 3.91. The number of nitrogens with one attached hydrogen (secondary N) is 1. The van der Waals surface area contributed by atoms with E-state index in [1.807, 2.05) is 19.1 Å². The van der Waals surface area contributed by atoms with Crippen molar-refractivity contribution in [2.24, 2.45) is 0 Å². The molecule has 0 radical (unpaired) electrons. The van der Waals surface area contributed by atoms with Crippen LogP contribution in [0.5, 0.6) is 0 Å². The number of nitrogens with zero attached hydrogens (tertiary/aromatic N) is 1. The van der Waals surface area contributed by atoms with Crippen molar-refractivity contribution in [1.82, 2.24) is 4.98 Å². The Morgan fingerprint density at radius 3 is 2.52 bits per heavy atom. The van der Waals surface area contributed by atoms with Gasteiger partial charge in [-0.2, -0.15) is 0 Å². The van der Waals surface area contributed by atoms with E-state index in [1.165, 1.54) is 7.11 Å². The van der Waals surface area contributed by atoms with Crippen LogP contribution in [-0.4, -0.2) is 24.0 Å². The van der Waals surface area contributed by atoms with Gasteiger partial charge in [0.1, 0.15) is 0 Å². The lowest BCUT2D eigenvalue weighted by Gasteiger charge is -2.24. The summed E-state index contributed by atoms with van der Waals surface area (Å²) in [6.07, 6.45) is 6.47. The maximum atomic E-state index is 13.1. The van der Waals surface area contributed by atoms with E-state index in [2.05, 4.69) is 44.1 Å². The van der Waals surface area contributed by atoms with Gasteiger partial charge in [-0.25, -0.2) is 4.79 Å². The van der Waals surface area contributed by atoms with Gasteiger partial charge in [-0.15, -0.1) is 0 Å². The number of pyridine rings is 1. The number of hydrogen-bond acceptors (Lipinski definition) is 4. The molecular formula is C26H36N2O3. The Bertz CT molecular complexity index is 900. The van der Waals surface area contributed by atoms with Gasteiger partial charge < -0.3 is 10.1 Å². The third kappa shape index (κ3) is 6.91. The van der Waals surface area contributed by atoms with E-state index in [0.29, 0.717) is 17.7 Å². The lowest BCUT2D eigenvalue weighted by molar-refractivity contribution is -0.116. The lowest BCUT2D eigenvalue weighted by Crippen LogP contribution is -2.21. The summed E-state index contributed by atoms with van der Waals surface area (Å²) in [5.74, 6) is -0.362. The Kier molecular flexibility index (Phi) is 8.78. The molecule has 0 saturated heterocycles. The first kappa shape index (κ1) is 24.6. The van der Waals surface area contributed by atoms with Crippen LogP contribution in [0.25, 0.3) is 0 Å². The van der Waals surface area contributed by atoms with Gasteiger partial charge in [-0.05, 0) is 54.0 Å². The van der Waals surface area contributed by atoms with Gasteiger partial charge in [0.2, 0.25) is 5.91 Å². The summed E-state index contributed by atoms with van der Waals surface area (Å²) in [4.78, 5) is 29.6. The summed E-state index contributed by atoms with van der Waals surface area (Å²) >= 11 is 0. The minimum atomic E-state index is -0.417. The van der Waals surface area contributed by atoms with Crippen LogP contribution in [0.1, 0.15) is 92.9 Å². The standard InChI is InChI=1S/C26H36N2O3/c1-7-8-9-11-19(21-12-10-15-27-18(21)2)17-24(29)28-23-16-20(25(30)31-6)13-14-22(23)26(3,4)5/h10,12-16,19H,7-9,11,17H2,1-6H3,(H,28,29). The molecule has 5 heteroatoms. The van der Waals surface area contributed by atoms with Crippen molar-refractivity contribution in [2.45, 2.75) is 78.1 Å². The normalized spacial score (nSPS) is 12.3. The van der Waals surface area contributed by atoms with E-state index in [0.717, 1.165) is 42.5 Å². The molecule has 0 aliphatic rings. The number of aromatic nitrogens is 1. The highest BCUT2D eigenvalue weighted by atomic mass is 16.5. The van der Waals surface area contributed by atoms with Crippen molar-refractivity contribution in [3.63, 3.8) is 0 Å². The highest BCUT2D eigenvalue weighted by molar-refractivity contribution is 5.95. The zero-order valence-electron chi connectivity index (χ0n) is 19.7. The van der Waals surface area contributed by atoms with Crippen molar-refractivity contribution < 1.29 is 14.3 Å². The second kappa shape index (κ2) is 11.1. The number of carbonyl (C=O) groups excluding carboxylic acids is 2. The highest BCUT2D eigenvalue weighted by Crippen LogP contribution is 2.32. The van der Waals surface area contributed by atoms with Crippen LogP contribution in [-0.2, 0) is 14.9 Å². The van der Waals surface area contributed by atoms with E-state index in [4.69, 9.17) is 4.74 Å². The number of methoxy groups -OCH3 is 1. The largest absolute Gasteiger partial charge is 0.465 e. The Labute approximate surface area is 186 Å². The summed E-state index contributed by atoms with van der Waals surface area (Å²) in [5, 5.41) is 3.08. The molecule has 31 heavy (non-hydrogen) atoms. The number of hydrogen-bond donors (Lipinski definition) is 1. The monoisotopic (exact) mass is 424 g/mol. The molecule has 0 saturated carbocycles. The van der Waals surface area contributed by atoms with Gasteiger partial charge in [-0.3, -0.25) is 9.78 Å². The van der Waals surface area contributed by atoms with Gasteiger partial charge >= 0.3 is 5.97 Å². The molecule has 168 valence electrons. The second-order valence-electron chi connectivity index (χ2n) is 9.12. The third-order valence-corrected chi connectivity index (χ3v) is 5.60. The van der Waals surface area contributed by atoms with Crippen LogP contribution in [0.15, 0.2) is 36.5 Å². The van der Waals surface area contributed by atoms with Crippen molar-refractivity contribution in [3.05, 3.63) is 58.9 Å². The number of amides is 1. The third-order valence-electron chi connectivity index (χ3n) is 5.60. The molecule has 1 N–H and O–H groups in total. The Morgan fingerprint density at radius 2 is 1.90 bits per heavy atom. The summed E-state index contributed by atoms with van der Waals surface area (Å²) in [6, 6.07) is 9.36. The molecule has 1 amide bonds. The number of carbonyl (C=O) groups is 2. The summed E-state index contributed by atoms with van der Waals surface area (Å²) in [6.45, 7) is 10.4. The molecule has 0 fully saturated rings. The van der Waals surface area contributed by atoms with E-state index in [-0.39, 0.29) is 17.2 Å². The minimum absolute atomic E-state index is 0.0581. The number of benzene rings is 1. The molecule has 0 aliphatic carbocycles. The quantitative estimate of drug-likeness (QED) is 0.386. The molecule has 1 unspecified atom stereocenters. The predicted molar refractivity (Wildman–Crippen MR) is 126 cm³/mol. The number of ether oxygens (including phenoxy) is 1. The first-order chi connectivity index (χ1) is 14.7. The summed E-state index contributed by atoms with van der Waals surface area (Å²) in [7, 11) is 1.36. The fraction of sp³-hybridized carbons (Fsp3) is 0.500. The minimum Gasteiger partial charge on any atom is -0.465 e. The zero-order chi connectivity index (χ0) is 23.0. The van der Waals surface area contributed by atoms with Crippen LogP contribution >= 0.6 is 0 Å². The number of aryl methyl sites for hydroxylation is 1. The second-order valence-corrected chi connectivity index (χ2v) is 9.12. The van der Waals surface area contributed by atoms with Crippen LogP contribution in [0.4, 0.5) is 5.69 Å². The average molecular weight is 425 g/mol. The molecule has 1 heterocycles. The maximum absolute atomic E-state index is 13.1. The molecule has 2 aromatic rings. The Hall–Kier alpha value is -2.69. The van der Waals surface area contributed by atoms with Crippen LogP contribution in [0.2, 0.25) is 0 Å². The van der Waals surface area contributed by atoms with Crippen LogP contribution in [0.3, 0.4) is 0 Å². The SMILES string of the molecule is CCCCCC(CC(=O)Nc1cc(C(=O)OC)ccc1C(C)(C)C)c1cccnc1C. The molecule has 5 nitrogen and oxygen atoms in total. The van der Waals surface area contributed by atoms with E-state index in [1.54, 1.807) is 18.3 Å². The Balaban J connectivity index is 2.28. The number of esters is 1. The van der Waals surface area contributed by atoms with Crippen molar-refractivity contribution in [1.29, 1.82) is 0 Å². The number of rotatable bonds is 9. The van der Waals surface area contributed by atoms with Gasteiger partial charge in [0, 0.05) is 24.0 Å². The summed E-state index contributed by atoms with van der Waals surface area (Å²) in [5.41, 5.74) is 3.99. The van der Waals surface area contributed by atoms with Gasteiger partial charge in [-0.1, -0.05) is 59.1 Å². The number of unbranched alkanes of at least 4 members (excludes halogenated alkanes) is 2. The summed E-state index contributed by atoms with van der Waals surface area (Å²) < 4.78 is 4.85. The van der Waals surface area contributed by atoms with Crippen molar-refractivity contribution >= 4 is 17.6 Å². The maximum Gasteiger partial charge on any atom is 0.337 e. The van der Waals surface area contributed by atoms with E-state index < -0.39 is 5.97 Å². The van der Waals surface area contributed by atoms with E-state index >= 15 is 0 Å². The molecule has 1 atom stereocenters. The van der Waals surface area contributed by atoms with Crippen molar-refractivity contribution in [3.8, 4) is 0 Å². The first-order valence-electron chi connectivity index (χ1n) is 11.1. The molecule has 0 bridgehead atoms. The van der Waals surface area contributed by atoms with Gasteiger partial charge in [0.15, 0.2) is 0 Å². The molecule has 2 rings (SSSR count). The van der Waals surface area contributed by atoms with Crippen LogP contribution < -0.4 is 5.32 Å². The smallest absolute Gasteiger partial charge is 0.337 e. The van der Waals surface area contributed by atoms with Crippen LogP contribution in [0, 0.1) is 6.92 Å². The average Bonchev–Trinajstić information content (AvgIpc) is 2.72. The molecule has 1 aromatic carbocycles. The molecule has 0 spiro atoms. The van der Waals surface area contributed by atoms with E-state index in [9.17, 15) is 9.59 Å². The zero-order valence-corrected chi connectivity index (χ0v) is 19.7. The lowest BCUT2D eigenvalue weighted by atomic mass is 9.85. The Morgan fingerprint density at radius 1 is 1.16 bits per heavy atom. The predicted octanol–water partition coefficient (Wildman–Crippen LogP) is 6.17.